The second-order valence-corrected chi connectivity index (χ2v) is 7.58. The van der Waals surface area contributed by atoms with E-state index in [0.29, 0.717) is 22.8 Å². The molecule has 136 valence electrons. The Labute approximate surface area is 149 Å². The molecule has 0 aromatic heterocycles. The highest BCUT2D eigenvalue weighted by Gasteiger charge is 2.24. The van der Waals surface area contributed by atoms with Crippen molar-refractivity contribution < 1.29 is 22.6 Å². The van der Waals surface area contributed by atoms with Gasteiger partial charge >= 0.3 is 0 Å². The lowest BCUT2D eigenvalue weighted by atomic mass is 10.1. The topological polar surface area (TPSA) is 65.1 Å². The molecule has 0 atom stereocenters. The Morgan fingerprint density at radius 3 is 1.96 bits per heavy atom. The van der Waals surface area contributed by atoms with Crippen molar-refractivity contribution in [3.8, 4) is 17.2 Å². The van der Waals surface area contributed by atoms with Gasteiger partial charge in [0.25, 0.3) is 0 Å². The minimum Gasteiger partial charge on any atom is -0.496 e. The maximum atomic E-state index is 12.9. The monoisotopic (exact) mass is 365 g/mol. The van der Waals surface area contributed by atoms with Crippen molar-refractivity contribution in [2.45, 2.75) is 18.4 Å². The number of ether oxygens (including phenoxy) is 3. The maximum Gasteiger partial charge on any atom is 0.243 e. The summed E-state index contributed by atoms with van der Waals surface area (Å²) < 4.78 is 42.9. The van der Waals surface area contributed by atoms with E-state index in [9.17, 15) is 8.42 Å². The first-order valence-corrected chi connectivity index (χ1v) is 9.10. The summed E-state index contributed by atoms with van der Waals surface area (Å²) in [5.41, 5.74) is 1.43. The predicted molar refractivity (Wildman–Crippen MR) is 95.9 cm³/mol. The standard InChI is InChI=1S/C18H23NO5S/c1-13-11-14(9-10-16(13)22-3)25(20,21)19(2)12-15-17(23-4)7-6-8-18(15)24-5/h6-11H,12H2,1-5H3. The molecule has 2 aromatic carbocycles. The lowest BCUT2D eigenvalue weighted by Gasteiger charge is -2.21. The van der Waals surface area contributed by atoms with Gasteiger partial charge in [0.2, 0.25) is 10.0 Å². The Balaban J connectivity index is 2.37. The number of hydrogen-bond donors (Lipinski definition) is 0. The Morgan fingerprint density at radius 1 is 0.920 bits per heavy atom. The van der Waals surface area contributed by atoms with Crippen LogP contribution in [-0.4, -0.2) is 41.1 Å². The second kappa shape index (κ2) is 7.76. The molecule has 0 saturated heterocycles. The van der Waals surface area contributed by atoms with Crippen molar-refractivity contribution in [3.63, 3.8) is 0 Å². The highest BCUT2D eigenvalue weighted by Crippen LogP contribution is 2.31. The number of hydrogen-bond acceptors (Lipinski definition) is 5. The van der Waals surface area contributed by atoms with Gasteiger partial charge < -0.3 is 14.2 Å². The summed E-state index contributed by atoms with van der Waals surface area (Å²) in [6.07, 6.45) is 0. The van der Waals surface area contributed by atoms with Crippen LogP contribution in [0, 0.1) is 6.92 Å². The molecule has 2 rings (SSSR count). The molecule has 6 nitrogen and oxygen atoms in total. The van der Waals surface area contributed by atoms with Crippen LogP contribution in [0.1, 0.15) is 11.1 Å². The predicted octanol–water partition coefficient (Wildman–Crippen LogP) is 2.84. The van der Waals surface area contributed by atoms with Crippen molar-refractivity contribution in [3.05, 3.63) is 47.5 Å². The van der Waals surface area contributed by atoms with Gasteiger partial charge in [0, 0.05) is 13.6 Å². The molecule has 0 spiro atoms. The fourth-order valence-corrected chi connectivity index (χ4v) is 3.81. The summed E-state index contributed by atoms with van der Waals surface area (Å²) in [5, 5.41) is 0. The van der Waals surface area contributed by atoms with E-state index in [-0.39, 0.29) is 11.4 Å². The molecule has 0 fully saturated rings. The Bertz CT molecular complexity index is 826. The molecule has 0 radical (unpaired) electrons. The third-order valence-electron chi connectivity index (χ3n) is 3.99. The minimum atomic E-state index is -3.67. The van der Waals surface area contributed by atoms with Crippen molar-refractivity contribution in [1.82, 2.24) is 4.31 Å². The molecule has 25 heavy (non-hydrogen) atoms. The van der Waals surface area contributed by atoms with Gasteiger partial charge in [-0.2, -0.15) is 4.31 Å². The Kier molecular flexibility index (Phi) is 5.92. The van der Waals surface area contributed by atoms with Gasteiger partial charge in [-0.15, -0.1) is 0 Å². The third-order valence-corrected chi connectivity index (χ3v) is 5.78. The first-order valence-electron chi connectivity index (χ1n) is 7.66. The van der Waals surface area contributed by atoms with Crippen LogP contribution in [-0.2, 0) is 16.6 Å². The van der Waals surface area contributed by atoms with Crippen molar-refractivity contribution >= 4 is 10.0 Å². The quantitative estimate of drug-likeness (QED) is 0.755. The molecule has 0 aliphatic carbocycles. The minimum absolute atomic E-state index is 0.126. The first kappa shape index (κ1) is 19.1. The molecule has 0 saturated carbocycles. The zero-order valence-corrected chi connectivity index (χ0v) is 15.9. The van der Waals surface area contributed by atoms with E-state index in [1.807, 2.05) is 0 Å². The molecule has 2 aromatic rings. The number of rotatable bonds is 7. The van der Waals surface area contributed by atoms with Crippen LogP contribution in [0.25, 0.3) is 0 Å². The lowest BCUT2D eigenvalue weighted by molar-refractivity contribution is 0.371. The fraction of sp³-hybridized carbons (Fsp3) is 0.333. The van der Waals surface area contributed by atoms with Crippen LogP contribution < -0.4 is 14.2 Å². The number of methoxy groups -OCH3 is 3. The molecule has 7 heteroatoms. The lowest BCUT2D eigenvalue weighted by Crippen LogP contribution is -2.27. The molecular formula is C18H23NO5S. The molecular weight excluding hydrogens is 342 g/mol. The summed E-state index contributed by atoms with van der Waals surface area (Å²) in [5.74, 6) is 1.80. The van der Waals surface area contributed by atoms with Crippen LogP contribution in [0.15, 0.2) is 41.3 Å². The summed E-state index contributed by atoms with van der Waals surface area (Å²) in [4.78, 5) is 0.210. The number of nitrogens with zero attached hydrogens (tertiary/aromatic N) is 1. The second-order valence-electron chi connectivity index (χ2n) is 5.53. The number of aryl methyl sites for hydroxylation is 1. The normalized spacial score (nSPS) is 11.4. The number of sulfonamides is 1. The van der Waals surface area contributed by atoms with Gasteiger partial charge in [-0.05, 0) is 42.8 Å². The zero-order chi connectivity index (χ0) is 18.6. The SMILES string of the molecule is COc1ccc(S(=O)(=O)N(C)Cc2c(OC)cccc2OC)cc1C. The average molecular weight is 365 g/mol. The van der Waals surface area contributed by atoms with Crippen LogP contribution in [0.5, 0.6) is 17.2 Å². The van der Waals surface area contributed by atoms with Gasteiger partial charge in [0.05, 0.1) is 31.8 Å². The van der Waals surface area contributed by atoms with E-state index in [1.54, 1.807) is 58.6 Å². The summed E-state index contributed by atoms with van der Waals surface area (Å²) in [7, 11) is 2.50. The molecule has 0 unspecified atom stereocenters. The van der Waals surface area contributed by atoms with Gasteiger partial charge in [0.1, 0.15) is 17.2 Å². The summed E-state index contributed by atoms with van der Waals surface area (Å²) in [6.45, 7) is 1.93. The van der Waals surface area contributed by atoms with Crippen molar-refractivity contribution in [2.75, 3.05) is 28.4 Å². The van der Waals surface area contributed by atoms with Gasteiger partial charge in [-0.3, -0.25) is 0 Å². The van der Waals surface area contributed by atoms with Gasteiger partial charge in [-0.25, -0.2) is 8.42 Å². The molecule has 0 aliphatic heterocycles. The van der Waals surface area contributed by atoms with E-state index in [0.717, 1.165) is 5.56 Å². The summed E-state index contributed by atoms with van der Waals surface area (Å²) >= 11 is 0. The van der Waals surface area contributed by atoms with Crippen LogP contribution in [0.2, 0.25) is 0 Å². The molecule has 0 heterocycles. The van der Waals surface area contributed by atoms with E-state index in [4.69, 9.17) is 14.2 Å². The zero-order valence-electron chi connectivity index (χ0n) is 15.1. The maximum absolute atomic E-state index is 12.9. The van der Waals surface area contributed by atoms with Crippen LogP contribution in [0.4, 0.5) is 0 Å². The van der Waals surface area contributed by atoms with E-state index < -0.39 is 10.0 Å². The van der Waals surface area contributed by atoms with Crippen molar-refractivity contribution in [2.24, 2.45) is 0 Å². The van der Waals surface area contributed by atoms with E-state index in [2.05, 4.69) is 0 Å². The highest BCUT2D eigenvalue weighted by molar-refractivity contribution is 7.89. The first-order chi connectivity index (χ1) is 11.8. The Morgan fingerprint density at radius 2 is 1.48 bits per heavy atom. The number of benzene rings is 2. The van der Waals surface area contributed by atoms with Crippen LogP contribution in [0.3, 0.4) is 0 Å². The fourth-order valence-electron chi connectivity index (χ4n) is 2.58. The molecule has 0 N–H and O–H groups in total. The van der Waals surface area contributed by atoms with E-state index in [1.165, 1.54) is 17.4 Å². The van der Waals surface area contributed by atoms with Gasteiger partial charge in [-0.1, -0.05) is 6.07 Å². The Hall–Kier alpha value is -2.25. The third kappa shape index (κ3) is 3.88. The molecule has 0 aliphatic rings. The van der Waals surface area contributed by atoms with Gasteiger partial charge in [0.15, 0.2) is 0 Å². The molecule has 0 amide bonds. The average Bonchev–Trinajstić information content (AvgIpc) is 2.61. The largest absolute Gasteiger partial charge is 0.496 e. The molecule has 0 bridgehead atoms. The van der Waals surface area contributed by atoms with E-state index >= 15 is 0 Å². The summed E-state index contributed by atoms with van der Waals surface area (Å²) in [6, 6.07) is 10.1. The smallest absolute Gasteiger partial charge is 0.243 e. The van der Waals surface area contributed by atoms with Crippen LogP contribution >= 0.6 is 0 Å². The van der Waals surface area contributed by atoms with Crippen molar-refractivity contribution in [1.29, 1.82) is 0 Å². The highest BCUT2D eigenvalue weighted by atomic mass is 32.2.